The van der Waals surface area contributed by atoms with Crippen molar-refractivity contribution in [2.75, 3.05) is 18.5 Å². The number of esters is 1. The van der Waals surface area contributed by atoms with Crippen LogP contribution in [0.4, 0.5) is 5.69 Å². The molecule has 1 aromatic heterocycles. The lowest BCUT2D eigenvalue weighted by Gasteiger charge is -2.24. The topological polar surface area (TPSA) is 71.5 Å². The average molecular weight is 238 g/mol. The van der Waals surface area contributed by atoms with Crippen molar-refractivity contribution in [2.45, 2.75) is 26.3 Å². The molecule has 0 unspecified atom stereocenters. The highest BCUT2D eigenvalue weighted by Crippen LogP contribution is 2.15. The summed E-state index contributed by atoms with van der Waals surface area (Å²) in [5.74, 6) is -0.398. The van der Waals surface area contributed by atoms with Gasteiger partial charge in [-0.3, -0.25) is 4.98 Å². The molecule has 5 nitrogen and oxygen atoms in total. The van der Waals surface area contributed by atoms with Gasteiger partial charge in [-0.05, 0) is 26.8 Å². The number of aliphatic hydroxyl groups is 1. The van der Waals surface area contributed by atoms with Crippen molar-refractivity contribution in [3.63, 3.8) is 0 Å². The quantitative estimate of drug-likeness (QED) is 0.759. The van der Waals surface area contributed by atoms with Crippen LogP contribution in [0.25, 0.3) is 0 Å². The summed E-state index contributed by atoms with van der Waals surface area (Å²) < 4.78 is 4.88. The van der Waals surface area contributed by atoms with E-state index >= 15 is 0 Å². The molecule has 0 radical (unpaired) electrons. The summed E-state index contributed by atoms with van der Waals surface area (Å²) in [6.45, 7) is 5.77. The Morgan fingerprint density at radius 1 is 1.53 bits per heavy atom. The minimum absolute atomic E-state index is 0.0172. The first kappa shape index (κ1) is 13.4. The van der Waals surface area contributed by atoms with E-state index in [1.54, 1.807) is 19.2 Å². The fourth-order valence-corrected chi connectivity index (χ4v) is 1.26. The molecule has 5 heteroatoms. The van der Waals surface area contributed by atoms with Gasteiger partial charge in [-0.1, -0.05) is 0 Å². The Bertz CT molecular complexity index is 391. The summed E-state index contributed by atoms with van der Waals surface area (Å²) in [5.41, 5.74) is 0.606. The van der Waals surface area contributed by atoms with Crippen molar-refractivity contribution in [1.82, 2.24) is 4.98 Å². The first-order valence-corrected chi connectivity index (χ1v) is 5.49. The number of nitrogens with zero attached hydrogens (tertiary/aromatic N) is 1. The molecule has 0 saturated carbocycles. The number of rotatable bonds is 5. The molecule has 0 aliphatic rings. The van der Waals surface area contributed by atoms with E-state index in [-0.39, 0.29) is 6.61 Å². The number of pyridine rings is 1. The number of carbonyl (C=O) groups excluding carboxylic acids is 1. The van der Waals surface area contributed by atoms with Crippen molar-refractivity contribution in [1.29, 1.82) is 0 Å². The van der Waals surface area contributed by atoms with Gasteiger partial charge < -0.3 is 15.2 Å². The lowest BCUT2D eigenvalue weighted by Crippen LogP contribution is -2.35. The summed E-state index contributed by atoms with van der Waals surface area (Å²) in [5, 5.41) is 12.2. The molecular weight excluding hydrogens is 220 g/mol. The third-order valence-corrected chi connectivity index (χ3v) is 2.13. The van der Waals surface area contributed by atoms with Crippen molar-refractivity contribution in [3.8, 4) is 0 Å². The standard InChI is InChI=1S/C12H18N2O3/c1-4-17-11(16)9-5-10(7-13-6-9)14-12(2,3)8-15/h5-7,14-15H,4,8H2,1-3H3. The van der Waals surface area contributed by atoms with E-state index in [0.29, 0.717) is 17.9 Å². The molecule has 0 fully saturated rings. The zero-order valence-electron chi connectivity index (χ0n) is 10.4. The molecule has 94 valence electrons. The monoisotopic (exact) mass is 238 g/mol. The summed E-state index contributed by atoms with van der Waals surface area (Å²) >= 11 is 0. The van der Waals surface area contributed by atoms with Crippen LogP contribution < -0.4 is 5.32 Å². The van der Waals surface area contributed by atoms with Crippen LogP contribution in [0.15, 0.2) is 18.5 Å². The Kier molecular flexibility index (Phi) is 4.45. The lowest BCUT2D eigenvalue weighted by atomic mass is 10.1. The van der Waals surface area contributed by atoms with Gasteiger partial charge in [0.2, 0.25) is 0 Å². The first-order chi connectivity index (χ1) is 7.98. The fraction of sp³-hybridized carbons (Fsp3) is 0.500. The molecule has 1 heterocycles. The van der Waals surface area contributed by atoms with Crippen LogP contribution in [0, 0.1) is 0 Å². The zero-order valence-corrected chi connectivity index (χ0v) is 10.4. The fourth-order valence-electron chi connectivity index (χ4n) is 1.26. The summed E-state index contributed by atoms with van der Waals surface area (Å²) in [6, 6.07) is 1.66. The minimum Gasteiger partial charge on any atom is -0.462 e. The molecule has 0 saturated heterocycles. The Morgan fingerprint density at radius 2 is 2.24 bits per heavy atom. The number of nitrogens with one attached hydrogen (secondary N) is 1. The lowest BCUT2D eigenvalue weighted by molar-refractivity contribution is 0.0526. The highest BCUT2D eigenvalue weighted by Gasteiger charge is 2.16. The van der Waals surface area contributed by atoms with Crippen molar-refractivity contribution >= 4 is 11.7 Å². The van der Waals surface area contributed by atoms with Gasteiger partial charge in [0.25, 0.3) is 0 Å². The number of anilines is 1. The van der Waals surface area contributed by atoms with Gasteiger partial charge in [0.05, 0.1) is 30.0 Å². The van der Waals surface area contributed by atoms with E-state index in [9.17, 15) is 4.79 Å². The Hall–Kier alpha value is -1.62. The highest BCUT2D eigenvalue weighted by atomic mass is 16.5. The van der Waals surface area contributed by atoms with E-state index in [2.05, 4.69) is 10.3 Å². The van der Waals surface area contributed by atoms with E-state index in [1.165, 1.54) is 6.20 Å². The molecule has 0 aliphatic carbocycles. The van der Waals surface area contributed by atoms with Gasteiger partial charge in [-0.2, -0.15) is 0 Å². The van der Waals surface area contributed by atoms with Gasteiger partial charge in [0.15, 0.2) is 0 Å². The maximum absolute atomic E-state index is 11.5. The van der Waals surface area contributed by atoms with Crippen LogP contribution in [0.5, 0.6) is 0 Å². The predicted octanol–water partition coefficient (Wildman–Crippen LogP) is 1.44. The molecule has 0 aromatic carbocycles. The second kappa shape index (κ2) is 5.63. The van der Waals surface area contributed by atoms with Crippen molar-refractivity contribution < 1.29 is 14.6 Å². The van der Waals surface area contributed by atoms with E-state index in [1.807, 2.05) is 13.8 Å². The van der Waals surface area contributed by atoms with Crippen LogP contribution in [-0.4, -0.2) is 34.8 Å². The maximum Gasteiger partial charge on any atom is 0.339 e. The average Bonchev–Trinajstić information content (AvgIpc) is 2.29. The molecule has 0 bridgehead atoms. The maximum atomic E-state index is 11.5. The Balaban J connectivity index is 2.82. The summed E-state index contributed by atoms with van der Waals surface area (Å²) in [6.07, 6.45) is 3.05. The van der Waals surface area contributed by atoms with Crippen LogP contribution in [0.1, 0.15) is 31.1 Å². The predicted molar refractivity (Wildman–Crippen MR) is 65.0 cm³/mol. The van der Waals surface area contributed by atoms with E-state index in [0.717, 1.165) is 0 Å². The SMILES string of the molecule is CCOC(=O)c1cncc(NC(C)(C)CO)c1. The highest BCUT2D eigenvalue weighted by molar-refractivity contribution is 5.90. The third-order valence-electron chi connectivity index (χ3n) is 2.13. The van der Waals surface area contributed by atoms with E-state index < -0.39 is 11.5 Å². The summed E-state index contributed by atoms with van der Waals surface area (Å²) in [4.78, 5) is 15.5. The van der Waals surface area contributed by atoms with Crippen molar-refractivity contribution in [3.05, 3.63) is 24.0 Å². The third kappa shape index (κ3) is 4.03. The van der Waals surface area contributed by atoms with Crippen molar-refractivity contribution in [2.24, 2.45) is 0 Å². The van der Waals surface area contributed by atoms with Crippen LogP contribution in [0.2, 0.25) is 0 Å². The summed E-state index contributed by atoms with van der Waals surface area (Å²) in [7, 11) is 0. The van der Waals surface area contributed by atoms with E-state index in [4.69, 9.17) is 9.84 Å². The molecule has 1 aromatic rings. The van der Waals surface area contributed by atoms with Crippen LogP contribution in [-0.2, 0) is 4.74 Å². The van der Waals surface area contributed by atoms with Crippen LogP contribution in [0.3, 0.4) is 0 Å². The minimum atomic E-state index is -0.463. The molecular formula is C12H18N2O3. The number of carbonyl (C=O) groups is 1. The largest absolute Gasteiger partial charge is 0.462 e. The number of aromatic nitrogens is 1. The van der Waals surface area contributed by atoms with Crippen LogP contribution >= 0.6 is 0 Å². The second-order valence-electron chi connectivity index (χ2n) is 4.35. The van der Waals surface area contributed by atoms with Gasteiger partial charge in [0, 0.05) is 12.4 Å². The Morgan fingerprint density at radius 3 is 2.82 bits per heavy atom. The van der Waals surface area contributed by atoms with Gasteiger partial charge in [-0.25, -0.2) is 4.79 Å². The van der Waals surface area contributed by atoms with Gasteiger partial charge in [-0.15, -0.1) is 0 Å². The smallest absolute Gasteiger partial charge is 0.339 e. The molecule has 0 amide bonds. The molecule has 0 spiro atoms. The molecule has 1 rings (SSSR count). The van der Waals surface area contributed by atoms with Gasteiger partial charge >= 0.3 is 5.97 Å². The molecule has 17 heavy (non-hydrogen) atoms. The number of aliphatic hydroxyl groups excluding tert-OH is 1. The second-order valence-corrected chi connectivity index (χ2v) is 4.35. The molecule has 0 atom stereocenters. The first-order valence-electron chi connectivity index (χ1n) is 5.49. The Labute approximate surface area is 101 Å². The van der Waals surface area contributed by atoms with Gasteiger partial charge in [0.1, 0.15) is 0 Å². The number of hydrogen-bond acceptors (Lipinski definition) is 5. The number of ether oxygens (including phenoxy) is 1. The number of hydrogen-bond donors (Lipinski definition) is 2. The zero-order chi connectivity index (χ0) is 12.9. The molecule has 2 N–H and O–H groups in total. The normalized spacial score (nSPS) is 11.1. The molecule has 0 aliphatic heterocycles.